The van der Waals surface area contributed by atoms with Gasteiger partial charge < -0.3 is 9.47 Å². The predicted molar refractivity (Wildman–Crippen MR) is 109 cm³/mol. The van der Waals surface area contributed by atoms with Crippen molar-refractivity contribution in [3.8, 4) is 11.4 Å². The first-order valence-corrected chi connectivity index (χ1v) is 9.96. The van der Waals surface area contributed by atoms with Crippen molar-refractivity contribution >= 4 is 44.6 Å². The summed E-state index contributed by atoms with van der Waals surface area (Å²) in [7, 11) is 1.58. The van der Waals surface area contributed by atoms with E-state index in [1.165, 1.54) is 16.3 Å². The molecule has 3 aromatic rings. The van der Waals surface area contributed by atoms with Gasteiger partial charge in [-0.1, -0.05) is 27.7 Å². The SMILES string of the molecule is CCOC(=O)CSc1nc2ccc(Br)cc2c(=O)n1-c1ccc(OC)cc1. The molecule has 0 radical (unpaired) electrons. The Labute approximate surface area is 168 Å². The first kappa shape index (κ1) is 19.4. The molecule has 6 nitrogen and oxygen atoms in total. The number of aromatic nitrogens is 2. The number of methoxy groups -OCH3 is 1. The summed E-state index contributed by atoms with van der Waals surface area (Å²) < 4.78 is 12.4. The highest BCUT2D eigenvalue weighted by atomic mass is 79.9. The average Bonchev–Trinajstić information content (AvgIpc) is 2.67. The number of hydrogen-bond donors (Lipinski definition) is 0. The zero-order valence-electron chi connectivity index (χ0n) is 14.8. The van der Waals surface area contributed by atoms with Crippen LogP contribution in [0.4, 0.5) is 0 Å². The standard InChI is InChI=1S/C19H17BrN2O4S/c1-3-26-17(23)11-27-19-21-16-9-4-12(20)10-15(16)18(24)22(19)13-5-7-14(25-2)8-6-13/h4-10H,3,11H2,1-2H3. The Bertz CT molecular complexity index is 1030. The number of esters is 1. The molecule has 0 aliphatic rings. The molecule has 27 heavy (non-hydrogen) atoms. The molecule has 0 bridgehead atoms. The van der Waals surface area contributed by atoms with Crippen molar-refractivity contribution in [1.29, 1.82) is 0 Å². The Hall–Kier alpha value is -2.32. The summed E-state index contributed by atoms with van der Waals surface area (Å²) in [5, 5.41) is 0.911. The lowest BCUT2D eigenvalue weighted by atomic mass is 10.2. The first-order valence-electron chi connectivity index (χ1n) is 8.18. The van der Waals surface area contributed by atoms with Gasteiger partial charge in [0.15, 0.2) is 5.16 Å². The Morgan fingerprint density at radius 3 is 2.63 bits per heavy atom. The predicted octanol–water partition coefficient (Wildman–Crippen LogP) is 3.81. The van der Waals surface area contributed by atoms with E-state index in [2.05, 4.69) is 20.9 Å². The quantitative estimate of drug-likeness (QED) is 0.324. The number of carbonyl (C=O) groups excluding carboxylic acids is 1. The lowest BCUT2D eigenvalue weighted by Crippen LogP contribution is -2.22. The molecule has 0 unspecified atom stereocenters. The number of nitrogens with zero attached hydrogens (tertiary/aromatic N) is 2. The van der Waals surface area contributed by atoms with E-state index in [0.29, 0.717) is 34.1 Å². The highest BCUT2D eigenvalue weighted by molar-refractivity contribution is 9.10. The molecule has 0 aliphatic heterocycles. The van der Waals surface area contributed by atoms with Gasteiger partial charge in [-0.15, -0.1) is 0 Å². The summed E-state index contributed by atoms with van der Waals surface area (Å²) in [6.45, 7) is 2.06. The Balaban J connectivity index is 2.14. The number of hydrogen-bond acceptors (Lipinski definition) is 6. The van der Waals surface area contributed by atoms with Crippen LogP contribution in [0.3, 0.4) is 0 Å². The third-order valence-electron chi connectivity index (χ3n) is 3.75. The van der Waals surface area contributed by atoms with Crippen molar-refractivity contribution in [3.05, 3.63) is 57.3 Å². The van der Waals surface area contributed by atoms with Crippen LogP contribution in [0.5, 0.6) is 5.75 Å². The summed E-state index contributed by atoms with van der Waals surface area (Å²) in [6.07, 6.45) is 0. The molecule has 0 N–H and O–H groups in total. The van der Waals surface area contributed by atoms with Crippen LogP contribution in [0.2, 0.25) is 0 Å². The van der Waals surface area contributed by atoms with Gasteiger partial charge in [0.2, 0.25) is 0 Å². The van der Waals surface area contributed by atoms with E-state index in [4.69, 9.17) is 9.47 Å². The molecule has 0 fully saturated rings. The van der Waals surface area contributed by atoms with Gasteiger partial charge in [-0.3, -0.25) is 14.2 Å². The topological polar surface area (TPSA) is 70.4 Å². The summed E-state index contributed by atoms with van der Waals surface area (Å²) in [4.78, 5) is 29.5. The van der Waals surface area contributed by atoms with Gasteiger partial charge in [-0.25, -0.2) is 4.98 Å². The largest absolute Gasteiger partial charge is 0.497 e. The molecule has 0 amide bonds. The molecule has 0 saturated heterocycles. The van der Waals surface area contributed by atoms with E-state index in [1.807, 2.05) is 6.07 Å². The van der Waals surface area contributed by atoms with Gasteiger partial charge in [-0.05, 0) is 49.4 Å². The van der Waals surface area contributed by atoms with Gasteiger partial charge in [0.25, 0.3) is 5.56 Å². The van der Waals surface area contributed by atoms with E-state index in [9.17, 15) is 9.59 Å². The number of fused-ring (bicyclic) bond motifs is 1. The number of carbonyl (C=O) groups is 1. The van der Waals surface area contributed by atoms with Crippen LogP contribution < -0.4 is 10.3 Å². The van der Waals surface area contributed by atoms with Gasteiger partial charge in [0.1, 0.15) is 5.75 Å². The maximum atomic E-state index is 13.2. The lowest BCUT2D eigenvalue weighted by molar-refractivity contribution is -0.139. The number of thioether (sulfide) groups is 1. The second-order valence-electron chi connectivity index (χ2n) is 5.49. The van der Waals surface area contributed by atoms with Crippen LogP contribution in [0, 0.1) is 0 Å². The van der Waals surface area contributed by atoms with E-state index in [0.717, 1.165) is 4.47 Å². The van der Waals surface area contributed by atoms with E-state index in [-0.39, 0.29) is 17.3 Å². The lowest BCUT2D eigenvalue weighted by Gasteiger charge is -2.13. The molecule has 1 aromatic heterocycles. The molecule has 140 valence electrons. The van der Waals surface area contributed by atoms with Crippen LogP contribution in [-0.4, -0.2) is 35.0 Å². The third kappa shape index (κ3) is 4.33. The monoisotopic (exact) mass is 448 g/mol. The maximum Gasteiger partial charge on any atom is 0.316 e. The summed E-state index contributed by atoms with van der Waals surface area (Å²) in [5.74, 6) is 0.399. The summed E-state index contributed by atoms with van der Waals surface area (Å²) >= 11 is 4.56. The number of benzene rings is 2. The van der Waals surface area contributed by atoms with Crippen LogP contribution in [0.1, 0.15) is 6.92 Å². The van der Waals surface area contributed by atoms with Crippen molar-refractivity contribution in [2.75, 3.05) is 19.5 Å². The smallest absolute Gasteiger partial charge is 0.316 e. The van der Waals surface area contributed by atoms with E-state index in [1.54, 1.807) is 50.4 Å². The third-order valence-corrected chi connectivity index (χ3v) is 5.16. The highest BCUT2D eigenvalue weighted by Crippen LogP contribution is 2.24. The second kappa shape index (κ2) is 8.58. The molecule has 8 heteroatoms. The molecule has 0 saturated carbocycles. The van der Waals surface area contributed by atoms with Crippen LogP contribution >= 0.6 is 27.7 Å². The van der Waals surface area contributed by atoms with Gasteiger partial charge >= 0.3 is 5.97 Å². The number of halogens is 1. The number of ether oxygens (including phenoxy) is 2. The normalized spacial score (nSPS) is 10.8. The maximum absolute atomic E-state index is 13.2. The summed E-state index contributed by atoms with van der Waals surface area (Å²) in [6, 6.07) is 12.4. The van der Waals surface area contributed by atoms with E-state index < -0.39 is 0 Å². The molecular weight excluding hydrogens is 432 g/mol. The zero-order chi connectivity index (χ0) is 19.4. The van der Waals surface area contributed by atoms with Crippen molar-refractivity contribution < 1.29 is 14.3 Å². The molecule has 0 aliphatic carbocycles. The summed E-state index contributed by atoms with van der Waals surface area (Å²) in [5.41, 5.74) is 0.999. The van der Waals surface area contributed by atoms with Gasteiger partial charge in [0.05, 0.1) is 36.1 Å². The zero-order valence-corrected chi connectivity index (χ0v) is 17.2. The Morgan fingerprint density at radius 2 is 1.96 bits per heavy atom. The van der Waals surface area contributed by atoms with Crippen LogP contribution in [0.15, 0.2) is 56.9 Å². The van der Waals surface area contributed by atoms with Crippen LogP contribution in [-0.2, 0) is 9.53 Å². The van der Waals surface area contributed by atoms with Crippen molar-refractivity contribution in [3.63, 3.8) is 0 Å². The molecule has 1 heterocycles. The fraction of sp³-hybridized carbons (Fsp3) is 0.211. The fourth-order valence-corrected chi connectivity index (χ4v) is 3.69. The van der Waals surface area contributed by atoms with Gasteiger partial charge in [0, 0.05) is 4.47 Å². The van der Waals surface area contributed by atoms with Gasteiger partial charge in [-0.2, -0.15) is 0 Å². The average molecular weight is 449 g/mol. The second-order valence-corrected chi connectivity index (χ2v) is 7.35. The highest BCUT2D eigenvalue weighted by Gasteiger charge is 2.15. The minimum Gasteiger partial charge on any atom is -0.497 e. The molecule has 3 rings (SSSR count). The minimum atomic E-state index is -0.353. The molecule has 0 atom stereocenters. The Morgan fingerprint density at radius 1 is 1.22 bits per heavy atom. The van der Waals surface area contributed by atoms with Crippen molar-refractivity contribution in [1.82, 2.24) is 9.55 Å². The first-order chi connectivity index (χ1) is 13.0. The van der Waals surface area contributed by atoms with Crippen molar-refractivity contribution in [2.45, 2.75) is 12.1 Å². The molecular formula is C19H17BrN2O4S. The minimum absolute atomic E-state index is 0.0679. The van der Waals surface area contributed by atoms with Crippen molar-refractivity contribution in [2.24, 2.45) is 0 Å². The molecule has 2 aromatic carbocycles. The molecule has 0 spiro atoms. The van der Waals surface area contributed by atoms with E-state index >= 15 is 0 Å². The Kier molecular flexibility index (Phi) is 6.18. The van der Waals surface area contributed by atoms with Crippen LogP contribution in [0.25, 0.3) is 16.6 Å². The fourth-order valence-electron chi connectivity index (χ4n) is 2.52. The number of rotatable bonds is 6.